The van der Waals surface area contributed by atoms with Crippen LogP contribution in [0, 0.1) is 5.41 Å². The SMILES string of the molecule is CC(CC(=O)NCC(C)(C)C)=NNC(=O)c1ccc(C(C)(C)C)cc1. The molecule has 0 aliphatic rings. The third-order valence-corrected chi connectivity index (χ3v) is 3.59. The first-order valence-electron chi connectivity index (χ1n) is 8.59. The first-order valence-corrected chi connectivity index (χ1v) is 8.59. The standard InChI is InChI=1S/C20H31N3O2/c1-14(12-17(24)21-13-19(2,3)4)22-23-18(25)15-8-10-16(11-9-15)20(5,6)7/h8-11H,12-13H2,1-7H3,(H,21,24)(H,23,25). The lowest BCUT2D eigenvalue weighted by molar-refractivity contribution is -0.120. The molecular weight excluding hydrogens is 314 g/mol. The fourth-order valence-corrected chi connectivity index (χ4v) is 2.03. The molecule has 0 aromatic heterocycles. The van der Waals surface area contributed by atoms with Gasteiger partial charge in [0.05, 0.1) is 6.42 Å². The summed E-state index contributed by atoms with van der Waals surface area (Å²) in [4.78, 5) is 24.0. The number of nitrogens with one attached hydrogen (secondary N) is 2. The fraction of sp³-hybridized carbons (Fsp3) is 0.550. The van der Waals surface area contributed by atoms with Crippen molar-refractivity contribution in [2.24, 2.45) is 10.5 Å². The maximum Gasteiger partial charge on any atom is 0.271 e. The Morgan fingerprint density at radius 3 is 2.04 bits per heavy atom. The van der Waals surface area contributed by atoms with E-state index in [1.165, 1.54) is 5.56 Å². The fourth-order valence-electron chi connectivity index (χ4n) is 2.03. The molecule has 2 N–H and O–H groups in total. The molecular formula is C20H31N3O2. The zero-order valence-corrected chi connectivity index (χ0v) is 16.5. The minimum absolute atomic E-state index is 0.0359. The quantitative estimate of drug-likeness (QED) is 0.632. The minimum Gasteiger partial charge on any atom is -0.355 e. The summed E-state index contributed by atoms with van der Waals surface area (Å²) in [5.41, 5.74) is 4.86. The summed E-state index contributed by atoms with van der Waals surface area (Å²) in [5.74, 6) is -0.380. The van der Waals surface area contributed by atoms with Gasteiger partial charge in [0.15, 0.2) is 0 Å². The molecule has 0 saturated heterocycles. The lowest BCUT2D eigenvalue weighted by Crippen LogP contribution is -2.33. The molecule has 0 atom stereocenters. The zero-order chi connectivity index (χ0) is 19.3. The third kappa shape index (κ3) is 7.96. The Hall–Kier alpha value is -2.17. The van der Waals surface area contributed by atoms with Gasteiger partial charge in [-0.25, -0.2) is 5.43 Å². The van der Waals surface area contributed by atoms with Crippen molar-refractivity contribution in [1.82, 2.24) is 10.7 Å². The summed E-state index contributed by atoms with van der Waals surface area (Å²) in [5, 5.41) is 6.87. The Kier molecular flexibility index (Phi) is 6.91. The number of carbonyl (C=O) groups is 2. The van der Waals surface area contributed by atoms with Crippen LogP contribution in [0.4, 0.5) is 0 Å². The van der Waals surface area contributed by atoms with Gasteiger partial charge in [-0.05, 0) is 35.4 Å². The van der Waals surface area contributed by atoms with E-state index >= 15 is 0 Å². The highest BCUT2D eigenvalue weighted by atomic mass is 16.2. The Bertz CT molecular complexity index is 632. The number of benzene rings is 1. The largest absolute Gasteiger partial charge is 0.355 e. The Balaban J connectivity index is 2.56. The van der Waals surface area contributed by atoms with Crippen molar-refractivity contribution >= 4 is 17.5 Å². The monoisotopic (exact) mass is 345 g/mol. The van der Waals surface area contributed by atoms with Gasteiger partial charge in [-0.1, -0.05) is 53.7 Å². The van der Waals surface area contributed by atoms with E-state index < -0.39 is 0 Å². The van der Waals surface area contributed by atoms with Crippen molar-refractivity contribution in [3.8, 4) is 0 Å². The van der Waals surface area contributed by atoms with Crippen LogP contribution in [0.5, 0.6) is 0 Å². The van der Waals surface area contributed by atoms with Gasteiger partial charge in [0, 0.05) is 17.8 Å². The van der Waals surface area contributed by atoms with Crippen molar-refractivity contribution < 1.29 is 9.59 Å². The van der Waals surface area contributed by atoms with Crippen LogP contribution in [-0.2, 0) is 10.2 Å². The van der Waals surface area contributed by atoms with Crippen LogP contribution < -0.4 is 10.7 Å². The number of carbonyl (C=O) groups excluding carboxylic acids is 2. The van der Waals surface area contributed by atoms with E-state index in [0.717, 1.165) is 0 Å². The second kappa shape index (κ2) is 8.28. The predicted molar refractivity (Wildman–Crippen MR) is 103 cm³/mol. The maximum absolute atomic E-state index is 12.1. The molecule has 0 saturated carbocycles. The maximum atomic E-state index is 12.1. The van der Waals surface area contributed by atoms with Crippen LogP contribution >= 0.6 is 0 Å². The van der Waals surface area contributed by atoms with E-state index in [1.54, 1.807) is 19.1 Å². The molecule has 0 fully saturated rings. The minimum atomic E-state index is -0.282. The highest BCUT2D eigenvalue weighted by Gasteiger charge is 2.15. The van der Waals surface area contributed by atoms with Crippen LogP contribution in [0.15, 0.2) is 29.4 Å². The summed E-state index contributed by atoms with van der Waals surface area (Å²) < 4.78 is 0. The van der Waals surface area contributed by atoms with E-state index in [-0.39, 0.29) is 29.1 Å². The number of nitrogens with zero attached hydrogens (tertiary/aromatic N) is 1. The first kappa shape index (κ1) is 20.9. The number of hydrogen-bond donors (Lipinski definition) is 2. The van der Waals surface area contributed by atoms with Crippen LogP contribution in [0.3, 0.4) is 0 Å². The average molecular weight is 345 g/mol. The third-order valence-electron chi connectivity index (χ3n) is 3.59. The Morgan fingerprint density at radius 1 is 1.00 bits per heavy atom. The second-order valence-corrected chi connectivity index (χ2v) is 8.63. The topological polar surface area (TPSA) is 70.6 Å². The molecule has 0 spiro atoms. The van der Waals surface area contributed by atoms with E-state index in [4.69, 9.17) is 0 Å². The first-order chi connectivity index (χ1) is 11.4. The van der Waals surface area contributed by atoms with Crippen LogP contribution in [-0.4, -0.2) is 24.1 Å². The molecule has 1 aromatic rings. The molecule has 0 bridgehead atoms. The number of hydrazone groups is 1. The Morgan fingerprint density at radius 2 is 1.56 bits per heavy atom. The van der Waals surface area contributed by atoms with Crippen molar-refractivity contribution in [2.45, 2.75) is 60.3 Å². The van der Waals surface area contributed by atoms with Gasteiger partial charge in [0.2, 0.25) is 5.91 Å². The average Bonchev–Trinajstić information content (AvgIpc) is 2.49. The number of rotatable bonds is 5. The van der Waals surface area contributed by atoms with Crippen LogP contribution in [0.25, 0.3) is 0 Å². The molecule has 0 aliphatic carbocycles. The second-order valence-electron chi connectivity index (χ2n) is 8.63. The van der Waals surface area contributed by atoms with Gasteiger partial charge in [0.1, 0.15) is 0 Å². The normalized spacial score (nSPS) is 12.7. The molecule has 5 nitrogen and oxygen atoms in total. The highest BCUT2D eigenvalue weighted by Crippen LogP contribution is 2.22. The van der Waals surface area contributed by atoms with E-state index in [9.17, 15) is 9.59 Å². The van der Waals surface area contributed by atoms with Gasteiger partial charge in [-0.15, -0.1) is 0 Å². The van der Waals surface area contributed by atoms with Gasteiger partial charge in [0.25, 0.3) is 5.91 Å². The van der Waals surface area contributed by atoms with Crippen LogP contribution in [0.2, 0.25) is 0 Å². The number of amides is 2. The smallest absolute Gasteiger partial charge is 0.271 e. The molecule has 25 heavy (non-hydrogen) atoms. The molecule has 0 radical (unpaired) electrons. The number of hydrogen-bond acceptors (Lipinski definition) is 3. The van der Waals surface area contributed by atoms with Gasteiger partial charge >= 0.3 is 0 Å². The molecule has 1 rings (SSSR count). The van der Waals surface area contributed by atoms with Crippen LogP contribution in [0.1, 0.15) is 70.8 Å². The lowest BCUT2D eigenvalue weighted by Gasteiger charge is -2.19. The molecule has 138 valence electrons. The molecule has 2 amide bonds. The Labute approximate surface area is 151 Å². The van der Waals surface area contributed by atoms with Crippen molar-refractivity contribution in [3.05, 3.63) is 35.4 Å². The molecule has 5 heteroatoms. The molecule has 0 unspecified atom stereocenters. The molecule has 0 heterocycles. The van der Waals surface area contributed by atoms with Crippen molar-refractivity contribution in [3.63, 3.8) is 0 Å². The van der Waals surface area contributed by atoms with Gasteiger partial charge in [-0.3, -0.25) is 9.59 Å². The predicted octanol–water partition coefficient (Wildman–Crippen LogP) is 3.64. The summed E-state index contributed by atoms with van der Waals surface area (Å²) in [6, 6.07) is 7.48. The zero-order valence-electron chi connectivity index (χ0n) is 16.5. The van der Waals surface area contributed by atoms with E-state index in [0.29, 0.717) is 17.8 Å². The van der Waals surface area contributed by atoms with E-state index in [1.807, 2.05) is 12.1 Å². The van der Waals surface area contributed by atoms with Crippen molar-refractivity contribution in [1.29, 1.82) is 0 Å². The summed E-state index contributed by atoms with van der Waals surface area (Å²) in [6.45, 7) is 14.9. The summed E-state index contributed by atoms with van der Waals surface area (Å²) >= 11 is 0. The lowest BCUT2D eigenvalue weighted by atomic mass is 9.87. The van der Waals surface area contributed by atoms with Gasteiger partial charge in [-0.2, -0.15) is 5.10 Å². The van der Waals surface area contributed by atoms with E-state index in [2.05, 4.69) is 57.4 Å². The summed E-state index contributed by atoms with van der Waals surface area (Å²) in [6.07, 6.45) is 0.166. The van der Waals surface area contributed by atoms with Crippen molar-refractivity contribution in [2.75, 3.05) is 6.54 Å². The van der Waals surface area contributed by atoms with Gasteiger partial charge < -0.3 is 5.32 Å². The molecule has 1 aromatic carbocycles. The highest BCUT2D eigenvalue weighted by molar-refractivity contribution is 6.01. The summed E-state index contributed by atoms with van der Waals surface area (Å²) in [7, 11) is 0. The molecule has 0 aliphatic heterocycles.